The van der Waals surface area contributed by atoms with E-state index in [0.717, 1.165) is 6.42 Å². The Balaban J connectivity index is 2.15. The van der Waals surface area contributed by atoms with E-state index in [2.05, 4.69) is 13.8 Å². The van der Waals surface area contributed by atoms with Crippen molar-refractivity contribution in [3.63, 3.8) is 0 Å². The highest BCUT2D eigenvalue weighted by Gasteiger charge is 2.05. The van der Waals surface area contributed by atoms with Crippen molar-refractivity contribution in [2.45, 2.75) is 26.2 Å². The lowest BCUT2D eigenvalue weighted by Gasteiger charge is -2.11. The summed E-state index contributed by atoms with van der Waals surface area (Å²) in [6.07, 6.45) is 1.10. The van der Waals surface area contributed by atoms with Crippen LogP contribution < -0.4 is 10.5 Å². The molecule has 0 aliphatic rings. The topological polar surface area (TPSA) is 35.2 Å². The summed E-state index contributed by atoms with van der Waals surface area (Å²) in [4.78, 5) is 0. The molecule has 0 aliphatic heterocycles. The van der Waals surface area contributed by atoms with E-state index in [-0.39, 0.29) is 5.82 Å². The zero-order valence-corrected chi connectivity index (χ0v) is 11.2. The van der Waals surface area contributed by atoms with Gasteiger partial charge >= 0.3 is 0 Å². The summed E-state index contributed by atoms with van der Waals surface area (Å²) in [6.45, 7) is 4.35. The molecule has 2 aromatic carbocycles. The first-order valence-corrected chi connectivity index (χ1v) is 6.43. The smallest absolute Gasteiger partial charge is 0.150 e. The average molecular weight is 259 g/mol. The second-order valence-corrected chi connectivity index (χ2v) is 4.66. The van der Waals surface area contributed by atoms with E-state index in [4.69, 9.17) is 10.5 Å². The van der Waals surface area contributed by atoms with E-state index in [1.807, 2.05) is 24.3 Å². The molecule has 2 rings (SSSR count). The van der Waals surface area contributed by atoms with Crippen LogP contribution in [0.4, 0.5) is 10.1 Å². The van der Waals surface area contributed by atoms with Gasteiger partial charge in [0.05, 0.1) is 5.69 Å². The molecule has 19 heavy (non-hydrogen) atoms. The normalized spacial score (nSPS) is 12.2. The second-order valence-electron chi connectivity index (χ2n) is 4.66. The van der Waals surface area contributed by atoms with Crippen LogP contribution in [0.2, 0.25) is 0 Å². The number of rotatable bonds is 4. The fourth-order valence-corrected chi connectivity index (χ4v) is 1.84. The Hall–Kier alpha value is -2.03. The fourth-order valence-electron chi connectivity index (χ4n) is 1.84. The summed E-state index contributed by atoms with van der Waals surface area (Å²) in [5.41, 5.74) is 7.28. The predicted molar refractivity (Wildman–Crippen MR) is 76.0 cm³/mol. The van der Waals surface area contributed by atoms with Gasteiger partial charge in [-0.25, -0.2) is 4.39 Å². The van der Waals surface area contributed by atoms with E-state index >= 15 is 0 Å². The molecule has 100 valence electrons. The number of anilines is 1. The molecule has 0 saturated heterocycles. The maximum atomic E-state index is 12.9. The summed E-state index contributed by atoms with van der Waals surface area (Å²) < 4.78 is 18.6. The maximum absolute atomic E-state index is 12.9. The quantitative estimate of drug-likeness (QED) is 0.807. The summed E-state index contributed by atoms with van der Waals surface area (Å²) in [5.74, 6) is 1.34. The van der Waals surface area contributed by atoms with Gasteiger partial charge in [0.1, 0.15) is 11.6 Å². The van der Waals surface area contributed by atoms with Gasteiger partial charge in [0, 0.05) is 6.07 Å². The largest absolute Gasteiger partial charge is 0.455 e. The van der Waals surface area contributed by atoms with Crippen LogP contribution in [0.25, 0.3) is 0 Å². The number of nitrogens with two attached hydrogens (primary N) is 1. The predicted octanol–water partition coefficient (Wildman–Crippen LogP) is 4.71. The van der Waals surface area contributed by atoms with Gasteiger partial charge in [-0.05, 0) is 42.2 Å². The fraction of sp³-hybridized carbons (Fsp3) is 0.250. The highest BCUT2D eigenvalue weighted by Crippen LogP contribution is 2.29. The third kappa shape index (κ3) is 3.25. The Morgan fingerprint density at radius 1 is 1.16 bits per heavy atom. The third-order valence-corrected chi connectivity index (χ3v) is 3.26. The van der Waals surface area contributed by atoms with Crippen molar-refractivity contribution < 1.29 is 9.13 Å². The van der Waals surface area contributed by atoms with Crippen molar-refractivity contribution in [1.82, 2.24) is 0 Å². The minimum atomic E-state index is -0.364. The van der Waals surface area contributed by atoms with Crippen molar-refractivity contribution in [3.8, 4) is 11.5 Å². The van der Waals surface area contributed by atoms with E-state index in [9.17, 15) is 4.39 Å². The lowest BCUT2D eigenvalue weighted by molar-refractivity contribution is 0.482. The van der Waals surface area contributed by atoms with Crippen molar-refractivity contribution >= 4 is 5.69 Å². The highest BCUT2D eigenvalue weighted by atomic mass is 19.1. The van der Waals surface area contributed by atoms with Gasteiger partial charge in [0.2, 0.25) is 0 Å². The van der Waals surface area contributed by atoms with Crippen molar-refractivity contribution in [2.75, 3.05) is 5.73 Å². The average Bonchev–Trinajstić information content (AvgIpc) is 2.42. The van der Waals surface area contributed by atoms with Gasteiger partial charge in [0.15, 0.2) is 5.75 Å². The number of halogens is 1. The Bertz CT molecular complexity index is 551. The number of hydrogen-bond donors (Lipinski definition) is 1. The molecule has 0 aromatic heterocycles. The monoisotopic (exact) mass is 259 g/mol. The van der Waals surface area contributed by atoms with Crippen LogP contribution >= 0.6 is 0 Å². The molecule has 0 unspecified atom stereocenters. The van der Waals surface area contributed by atoms with Crippen molar-refractivity contribution in [2.24, 2.45) is 0 Å². The SMILES string of the molecule is CC[C@H](C)c1ccc(Oc2ccc(F)cc2N)cc1. The van der Waals surface area contributed by atoms with E-state index < -0.39 is 0 Å². The van der Waals surface area contributed by atoms with Gasteiger partial charge in [0.25, 0.3) is 0 Å². The second kappa shape index (κ2) is 5.74. The minimum absolute atomic E-state index is 0.297. The molecular formula is C16H18FNO. The van der Waals surface area contributed by atoms with Crippen LogP contribution in [0, 0.1) is 5.82 Å². The van der Waals surface area contributed by atoms with Gasteiger partial charge in [-0.15, -0.1) is 0 Å². The molecule has 0 aliphatic carbocycles. The minimum Gasteiger partial charge on any atom is -0.455 e. The molecule has 0 amide bonds. The maximum Gasteiger partial charge on any atom is 0.150 e. The molecule has 2 nitrogen and oxygen atoms in total. The molecule has 0 fully saturated rings. The van der Waals surface area contributed by atoms with Crippen LogP contribution in [-0.4, -0.2) is 0 Å². The summed E-state index contributed by atoms with van der Waals surface area (Å²) in [6, 6.07) is 12.0. The molecule has 0 heterocycles. The highest BCUT2D eigenvalue weighted by molar-refractivity contribution is 5.54. The Morgan fingerprint density at radius 2 is 1.84 bits per heavy atom. The van der Waals surface area contributed by atoms with E-state index in [1.165, 1.54) is 23.8 Å². The molecule has 2 N–H and O–H groups in total. The standard InChI is InChI=1S/C16H18FNO/c1-3-11(2)12-4-7-14(8-5-12)19-16-9-6-13(17)10-15(16)18/h4-11H,3,18H2,1-2H3/t11-/m0/s1. The van der Waals surface area contributed by atoms with Crippen LogP contribution in [0.15, 0.2) is 42.5 Å². The molecule has 2 aromatic rings. The van der Waals surface area contributed by atoms with Crippen molar-refractivity contribution in [1.29, 1.82) is 0 Å². The number of hydrogen-bond acceptors (Lipinski definition) is 2. The Labute approximate surface area is 113 Å². The molecule has 1 atom stereocenters. The Morgan fingerprint density at radius 3 is 2.42 bits per heavy atom. The number of benzene rings is 2. The zero-order chi connectivity index (χ0) is 13.8. The van der Waals surface area contributed by atoms with Gasteiger partial charge in [-0.1, -0.05) is 26.0 Å². The third-order valence-electron chi connectivity index (χ3n) is 3.26. The van der Waals surface area contributed by atoms with Crippen LogP contribution in [0.3, 0.4) is 0 Å². The molecular weight excluding hydrogens is 241 g/mol. The molecule has 0 spiro atoms. The lowest BCUT2D eigenvalue weighted by Crippen LogP contribution is -1.94. The van der Waals surface area contributed by atoms with E-state index in [1.54, 1.807) is 0 Å². The van der Waals surface area contributed by atoms with Gasteiger partial charge in [-0.3, -0.25) is 0 Å². The summed E-state index contributed by atoms with van der Waals surface area (Å²) in [5, 5.41) is 0. The van der Waals surface area contributed by atoms with Crippen molar-refractivity contribution in [3.05, 3.63) is 53.8 Å². The van der Waals surface area contributed by atoms with E-state index in [0.29, 0.717) is 23.1 Å². The van der Waals surface area contributed by atoms with Gasteiger partial charge in [-0.2, -0.15) is 0 Å². The van der Waals surface area contributed by atoms with Crippen LogP contribution in [0.1, 0.15) is 31.7 Å². The van der Waals surface area contributed by atoms with Gasteiger partial charge < -0.3 is 10.5 Å². The Kier molecular flexibility index (Phi) is 4.05. The number of ether oxygens (including phenoxy) is 1. The summed E-state index contributed by atoms with van der Waals surface area (Å²) in [7, 11) is 0. The zero-order valence-electron chi connectivity index (χ0n) is 11.2. The van der Waals surface area contributed by atoms with Crippen LogP contribution in [-0.2, 0) is 0 Å². The number of nitrogen functional groups attached to an aromatic ring is 1. The molecule has 0 radical (unpaired) electrons. The molecule has 0 saturated carbocycles. The van der Waals surface area contributed by atoms with Crippen LogP contribution in [0.5, 0.6) is 11.5 Å². The first-order valence-electron chi connectivity index (χ1n) is 6.43. The first-order chi connectivity index (χ1) is 9.10. The first kappa shape index (κ1) is 13.4. The molecule has 3 heteroatoms. The summed E-state index contributed by atoms with van der Waals surface area (Å²) >= 11 is 0. The lowest BCUT2D eigenvalue weighted by atomic mass is 9.99. The molecule has 0 bridgehead atoms.